The maximum Gasteiger partial charge on any atom is 0.0590 e. The first kappa shape index (κ1) is 13.1. The molecular formula is C12H20ClN3. The number of hydrogen-bond acceptors (Lipinski definition) is 3. The number of nitrogens with two attached hydrogens (primary N) is 1. The van der Waals surface area contributed by atoms with E-state index in [1.165, 1.54) is 0 Å². The van der Waals surface area contributed by atoms with E-state index in [1.54, 1.807) is 6.07 Å². The van der Waals surface area contributed by atoms with Gasteiger partial charge in [-0.1, -0.05) is 11.6 Å². The van der Waals surface area contributed by atoms with Crippen molar-refractivity contribution >= 4 is 23.0 Å². The van der Waals surface area contributed by atoms with E-state index < -0.39 is 0 Å². The van der Waals surface area contributed by atoms with Gasteiger partial charge in [-0.25, -0.2) is 0 Å². The van der Waals surface area contributed by atoms with Crippen molar-refractivity contribution in [3.05, 3.63) is 23.2 Å². The lowest BCUT2D eigenvalue weighted by Crippen LogP contribution is -2.23. The highest BCUT2D eigenvalue weighted by molar-refractivity contribution is 6.31. The predicted octanol–water partition coefficient (Wildman–Crippen LogP) is 2.67. The molecule has 0 saturated carbocycles. The monoisotopic (exact) mass is 241 g/mol. The van der Waals surface area contributed by atoms with Crippen LogP contribution in [0.4, 0.5) is 11.4 Å². The molecular weight excluding hydrogens is 222 g/mol. The SMILES string of the molecule is CC(CCN(C)C)Nc1cc(Cl)ccc1N. The van der Waals surface area contributed by atoms with Gasteiger partial charge in [0.15, 0.2) is 0 Å². The highest BCUT2D eigenvalue weighted by Gasteiger charge is 2.05. The Balaban J connectivity index is 2.55. The van der Waals surface area contributed by atoms with Crippen LogP contribution in [0.5, 0.6) is 0 Å². The molecule has 16 heavy (non-hydrogen) atoms. The summed E-state index contributed by atoms with van der Waals surface area (Å²) in [6, 6.07) is 5.86. The third-order valence-electron chi connectivity index (χ3n) is 2.43. The van der Waals surface area contributed by atoms with Gasteiger partial charge in [0.25, 0.3) is 0 Å². The summed E-state index contributed by atoms with van der Waals surface area (Å²) in [7, 11) is 4.14. The fraction of sp³-hybridized carbons (Fsp3) is 0.500. The van der Waals surface area contributed by atoms with Gasteiger partial charge in [-0.05, 0) is 52.2 Å². The zero-order valence-electron chi connectivity index (χ0n) is 10.1. The highest BCUT2D eigenvalue weighted by Crippen LogP contribution is 2.23. The third-order valence-corrected chi connectivity index (χ3v) is 2.66. The van der Waals surface area contributed by atoms with Crippen LogP contribution >= 0.6 is 11.6 Å². The van der Waals surface area contributed by atoms with Gasteiger partial charge in [-0.2, -0.15) is 0 Å². The zero-order valence-corrected chi connectivity index (χ0v) is 10.9. The number of nitrogens with one attached hydrogen (secondary N) is 1. The molecule has 0 saturated heterocycles. The minimum absolute atomic E-state index is 0.378. The van der Waals surface area contributed by atoms with Crippen molar-refractivity contribution in [3.63, 3.8) is 0 Å². The lowest BCUT2D eigenvalue weighted by atomic mass is 10.2. The Labute approximate surface area is 103 Å². The molecule has 0 aliphatic carbocycles. The standard InChI is InChI=1S/C12H20ClN3/c1-9(6-7-16(2)3)15-12-8-10(13)4-5-11(12)14/h4-5,8-9,15H,6-7,14H2,1-3H3. The van der Waals surface area contributed by atoms with Gasteiger partial charge in [0, 0.05) is 11.1 Å². The van der Waals surface area contributed by atoms with Crippen molar-refractivity contribution in [2.75, 3.05) is 31.7 Å². The van der Waals surface area contributed by atoms with Gasteiger partial charge in [0.05, 0.1) is 11.4 Å². The van der Waals surface area contributed by atoms with E-state index in [9.17, 15) is 0 Å². The summed E-state index contributed by atoms with van der Waals surface area (Å²) >= 11 is 5.92. The Morgan fingerprint density at radius 2 is 2.12 bits per heavy atom. The first-order valence-corrected chi connectivity index (χ1v) is 5.83. The molecule has 0 aliphatic rings. The number of nitrogens with zero attached hydrogens (tertiary/aromatic N) is 1. The second-order valence-electron chi connectivity index (χ2n) is 4.37. The number of halogens is 1. The van der Waals surface area contributed by atoms with Gasteiger partial charge in [-0.3, -0.25) is 0 Å². The Hall–Kier alpha value is -0.930. The molecule has 3 N–H and O–H groups in total. The molecule has 1 atom stereocenters. The lowest BCUT2D eigenvalue weighted by Gasteiger charge is -2.19. The number of rotatable bonds is 5. The molecule has 0 aromatic heterocycles. The summed E-state index contributed by atoms with van der Waals surface area (Å²) in [4.78, 5) is 2.17. The van der Waals surface area contributed by atoms with Crippen molar-refractivity contribution in [2.24, 2.45) is 0 Å². The maximum absolute atomic E-state index is 5.92. The molecule has 90 valence electrons. The van der Waals surface area contributed by atoms with Gasteiger partial charge in [-0.15, -0.1) is 0 Å². The zero-order chi connectivity index (χ0) is 12.1. The molecule has 1 unspecified atom stereocenters. The summed E-state index contributed by atoms with van der Waals surface area (Å²) in [5.74, 6) is 0. The Morgan fingerprint density at radius 3 is 2.75 bits per heavy atom. The van der Waals surface area contributed by atoms with E-state index >= 15 is 0 Å². The van der Waals surface area contributed by atoms with Crippen molar-refractivity contribution in [2.45, 2.75) is 19.4 Å². The fourth-order valence-electron chi connectivity index (χ4n) is 1.44. The highest BCUT2D eigenvalue weighted by atomic mass is 35.5. The number of hydrogen-bond donors (Lipinski definition) is 2. The molecule has 0 radical (unpaired) electrons. The Morgan fingerprint density at radius 1 is 1.44 bits per heavy atom. The summed E-state index contributed by atoms with van der Waals surface area (Å²) in [6.07, 6.45) is 1.07. The van der Waals surface area contributed by atoms with Crippen molar-refractivity contribution in [3.8, 4) is 0 Å². The van der Waals surface area contributed by atoms with Crippen LogP contribution in [0.2, 0.25) is 5.02 Å². The topological polar surface area (TPSA) is 41.3 Å². The molecule has 0 amide bonds. The summed E-state index contributed by atoms with van der Waals surface area (Å²) in [5.41, 5.74) is 7.51. The maximum atomic E-state index is 5.92. The molecule has 0 bridgehead atoms. The van der Waals surface area contributed by atoms with Crippen LogP contribution in [0, 0.1) is 0 Å². The molecule has 1 rings (SSSR count). The quantitative estimate of drug-likeness (QED) is 0.779. The van der Waals surface area contributed by atoms with Crippen LogP contribution in [-0.4, -0.2) is 31.6 Å². The van der Waals surface area contributed by atoms with Crippen LogP contribution in [0.3, 0.4) is 0 Å². The summed E-state index contributed by atoms with van der Waals surface area (Å²) in [5, 5.41) is 4.08. The lowest BCUT2D eigenvalue weighted by molar-refractivity contribution is 0.390. The number of nitrogen functional groups attached to an aromatic ring is 1. The van der Waals surface area contributed by atoms with E-state index in [-0.39, 0.29) is 0 Å². The van der Waals surface area contributed by atoms with Crippen LogP contribution in [0.25, 0.3) is 0 Å². The average molecular weight is 242 g/mol. The van der Waals surface area contributed by atoms with Gasteiger partial charge >= 0.3 is 0 Å². The Bertz CT molecular complexity index is 339. The predicted molar refractivity (Wildman–Crippen MR) is 72.1 cm³/mol. The molecule has 1 aromatic carbocycles. The largest absolute Gasteiger partial charge is 0.397 e. The van der Waals surface area contributed by atoms with Gasteiger partial charge in [0.1, 0.15) is 0 Å². The number of benzene rings is 1. The average Bonchev–Trinajstić information content (AvgIpc) is 2.20. The van der Waals surface area contributed by atoms with Crippen molar-refractivity contribution in [1.29, 1.82) is 0 Å². The Kier molecular flexibility index (Phi) is 4.90. The van der Waals surface area contributed by atoms with E-state index in [0.717, 1.165) is 24.3 Å². The molecule has 3 nitrogen and oxygen atoms in total. The van der Waals surface area contributed by atoms with E-state index in [4.69, 9.17) is 17.3 Å². The molecule has 1 aromatic rings. The third kappa shape index (κ3) is 4.29. The first-order chi connectivity index (χ1) is 7.49. The molecule has 4 heteroatoms. The van der Waals surface area contributed by atoms with E-state index in [1.807, 2.05) is 12.1 Å². The van der Waals surface area contributed by atoms with Gasteiger partial charge in [0.2, 0.25) is 0 Å². The molecule has 0 heterocycles. The van der Waals surface area contributed by atoms with E-state index in [0.29, 0.717) is 11.1 Å². The number of anilines is 2. The normalized spacial score (nSPS) is 12.8. The second kappa shape index (κ2) is 5.97. The summed E-state index contributed by atoms with van der Waals surface area (Å²) in [6.45, 7) is 3.19. The minimum Gasteiger partial charge on any atom is -0.397 e. The molecule has 0 spiro atoms. The molecule has 0 fully saturated rings. The fourth-order valence-corrected chi connectivity index (χ4v) is 1.62. The van der Waals surface area contributed by atoms with Crippen LogP contribution in [0.1, 0.15) is 13.3 Å². The van der Waals surface area contributed by atoms with Crippen LogP contribution in [-0.2, 0) is 0 Å². The van der Waals surface area contributed by atoms with Crippen LogP contribution < -0.4 is 11.1 Å². The summed E-state index contributed by atoms with van der Waals surface area (Å²) < 4.78 is 0. The second-order valence-corrected chi connectivity index (χ2v) is 4.81. The van der Waals surface area contributed by atoms with E-state index in [2.05, 4.69) is 31.2 Å². The van der Waals surface area contributed by atoms with Crippen LogP contribution in [0.15, 0.2) is 18.2 Å². The molecule has 0 aliphatic heterocycles. The minimum atomic E-state index is 0.378. The van der Waals surface area contributed by atoms with Gasteiger partial charge < -0.3 is 16.0 Å². The van der Waals surface area contributed by atoms with Crippen molar-refractivity contribution in [1.82, 2.24) is 4.90 Å². The first-order valence-electron chi connectivity index (χ1n) is 5.45. The van der Waals surface area contributed by atoms with Crippen molar-refractivity contribution < 1.29 is 0 Å². The smallest absolute Gasteiger partial charge is 0.0590 e.